The van der Waals surface area contributed by atoms with Gasteiger partial charge in [0.05, 0.1) is 24.4 Å². The molecule has 2 amide bonds. The van der Waals surface area contributed by atoms with Crippen molar-refractivity contribution in [1.82, 2.24) is 5.06 Å². The van der Waals surface area contributed by atoms with Gasteiger partial charge in [-0.05, 0) is 56.5 Å². The lowest BCUT2D eigenvalue weighted by molar-refractivity contribution is -0.215. The third-order valence-corrected chi connectivity index (χ3v) is 5.29. The van der Waals surface area contributed by atoms with Crippen LogP contribution in [0.25, 0.3) is 0 Å². The van der Waals surface area contributed by atoms with Crippen molar-refractivity contribution in [2.45, 2.75) is 39.2 Å². The molecule has 0 aliphatic carbocycles. The van der Waals surface area contributed by atoms with E-state index in [4.69, 9.17) is 21.2 Å². The molecule has 2 aromatic rings. The van der Waals surface area contributed by atoms with Gasteiger partial charge in [-0.2, -0.15) is 0 Å². The summed E-state index contributed by atoms with van der Waals surface area (Å²) in [5, 5.41) is 4.19. The highest BCUT2D eigenvalue weighted by atomic mass is 35.5. The zero-order valence-electron chi connectivity index (χ0n) is 19.3. The van der Waals surface area contributed by atoms with Crippen molar-refractivity contribution in [2.75, 3.05) is 18.5 Å². The Hall–Kier alpha value is -3.23. The number of hydrogen-bond acceptors (Lipinski definition) is 6. The molecule has 1 aliphatic heterocycles. The number of benzene rings is 2. The zero-order valence-corrected chi connectivity index (χ0v) is 20.1. The topological polar surface area (TPSA) is 102 Å². The second kappa shape index (κ2) is 10.8. The number of halogens is 1. The molecule has 9 heteroatoms. The van der Waals surface area contributed by atoms with E-state index in [-0.39, 0.29) is 17.9 Å². The van der Waals surface area contributed by atoms with Crippen LogP contribution in [0.2, 0.25) is 5.02 Å². The van der Waals surface area contributed by atoms with Gasteiger partial charge >= 0.3 is 5.97 Å². The number of hydroxylamine groups is 2. The van der Waals surface area contributed by atoms with E-state index >= 15 is 0 Å². The van der Waals surface area contributed by atoms with Crippen LogP contribution in [0.5, 0.6) is 0 Å². The molecule has 0 spiro atoms. The Kier molecular flexibility index (Phi) is 8.06. The van der Waals surface area contributed by atoms with E-state index in [9.17, 15) is 19.2 Å². The smallest absolute Gasteiger partial charge is 0.326 e. The molecule has 1 heterocycles. The van der Waals surface area contributed by atoms with E-state index in [2.05, 4.69) is 5.32 Å². The number of ether oxygens (including phenoxy) is 1. The van der Waals surface area contributed by atoms with E-state index in [0.717, 1.165) is 11.1 Å². The fraction of sp³-hybridized carbons (Fsp3) is 0.360. The number of nitrogens with zero attached hydrogens (tertiary/aromatic N) is 1. The highest BCUT2D eigenvalue weighted by Crippen LogP contribution is 2.29. The summed E-state index contributed by atoms with van der Waals surface area (Å²) in [7, 11) is 0. The molecular formula is C25H27ClN2O6. The number of Topliss-reactive ketones (excluding diaryl/α,β-unsaturated/α-hetero) is 1. The Morgan fingerprint density at radius 3 is 2.35 bits per heavy atom. The summed E-state index contributed by atoms with van der Waals surface area (Å²) >= 11 is 5.89. The van der Waals surface area contributed by atoms with Crippen LogP contribution in [0.1, 0.15) is 42.3 Å². The third kappa shape index (κ3) is 6.65. The van der Waals surface area contributed by atoms with Crippen molar-refractivity contribution in [2.24, 2.45) is 5.92 Å². The Morgan fingerprint density at radius 2 is 1.74 bits per heavy atom. The molecule has 0 radical (unpaired) electrons. The van der Waals surface area contributed by atoms with Crippen molar-refractivity contribution in [3.63, 3.8) is 0 Å². The predicted octanol–water partition coefficient (Wildman–Crippen LogP) is 3.61. The number of rotatable bonds is 9. The van der Waals surface area contributed by atoms with Crippen molar-refractivity contribution in [3.05, 3.63) is 64.2 Å². The summed E-state index contributed by atoms with van der Waals surface area (Å²) in [6.07, 6.45) is 1.71. The summed E-state index contributed by atoms with van der Waals surface area (Å²) in [4.78, 5) is 54.1. The first-order valence-electron chi connectivity index (χ1n) is 10.9. The van der Waals surface area contributed by atoms with Gasteiger partial charge in [0.15, 0.2) is 11.7 Å². The zero-order chi connectivity index (χ0) is 24.9. The number of esters is 1. The maximum atomic E-state index is 12.6. The van der Waals surface area contributed by atoms with Crippen LogP contribution in [0.4, 0.5) is 5.69 Å². The second-order valence-electron chi connectivity index (χ2n) is 8.91. The minimum absolute atomic E-state index is 0.0288. The summed E-state index contributed by atoms with van der Waals surface area (Å²) in [6, 6.07) is 12.1. The molecule has 3 rings (SSSR count). The van der Waals surface area contributed by atoms with E-state index < -0.39 is 29.2 Å². The first-order valence-corrected chi connectivity index (χ1v) is 11.3. The lowest BCUT2D eigenvalue weighted by atomic mass is 9.92. The molecule has 1 N–H and O–H groups in total. The van der Waals surface area contributed by atoms with E-state index in [1.165, 1.54) is 23.3 Å². The van der Waals surface area contributed by atoms with Crippen molar-refractivity contribution < 1.29 is 28.8 Å². The number of carbonyl (C=O) groups is 4. The number of fused-ring (bicyclic) bond motifs is 1. The number of carbonyl (C=O) groups excluding carboxylic acids is 4. The quantitative estimate of drug-likeness (QED) is 0.251. The Morgan fingerprint density at radius 1 is 1.09 bits per heavy atom. The Labute approximate surface area is 203 Å². The van der Waals surface area contributed by atoms with Crippen molar-refractivity contribution in [1.29, 1.82) is 0 Å². The number of ketones is 1. The average molecular weight is 487 g/mol. The minimum Gasteiger partial charge on any atom is -0.464 e. The fourth-order valence-corrected chi connectivity index (χ4v) is 3.64. The number of nitrogens with one attached hydrogen (secondary N) is 1. The third-order valence-electron chi connectivity index (χ3n) is 5.05. The molecule has 180 valence electrons. The Balaban J connectivity index is 1.49. The van der Waals surface area contributed by atoms with Crippen LogP contribution in [0.15, 0.2) is 42.5 Å². The van der Waals surface area contributed by atoms with Crippen molar-refractivity contribution >= 4 is 41.4 Å². The SMILES string of the molecule is CC(C)(C)ON(C=O)CCc1ccc(CCOC(=O)C2C(=O)Nc3cc(Cl)ccc3C2=O)cc1. The largest absolute Gasteiger partial charge is 0.464 e. The molecule has 0 bridgehead atoms. The van der Waals surface area contributed by atoms with Crippen LogP contribution in [-0.4, -0.2) is 47.9 Å². The van der Waals surface area contributed by atoms with Crippen LogP contribution in [-0.2, 0) is 36.8 Å². The molecule has 8 nitrogen and oxygen atoms in total. The minimum atomic E-state index is -1.54. The van der Waals surface area contributed by atoms with Crippen molar-refractivity contribution in [3.8, 4) is 0 Å². The van der Waals surface area contributed by atoms with Gasteiger partial charge in [0.2, 0.25) is 12.3 Å². The number of hydrogen-bond donors (Lipinski definition) is 1. The number of anilines is 1. The van der Waals surface area contributed by atoms with Crippen LogP contribution in [0, 0.1) is 5.92 Å². The van der Waals surface area contributed by atoms with Crippen LogP contribution < -0.4 is 5.32 Å². The van der Waals surface area contributed by atoms with Gasteiger partial charge < -0.3 is 10.1 Å². The highest BCUT2D eigenvalue weighted by Gasteiger charge is 2.41. The van der Waals surface area contributed by atoms with Gasteiger partial charge in [0, 0.05) is 17.0 Å². The van der Waals surface area contributed by atoms with Gasteiger partial charge in [-0.15, -0.1) is 0 Å². The highest BCUT2D eigenvalue weighted by molar-refractivity contribution is 6.33. The molecule has 0 fully saturated rings. The van der Waals surface area contributed by atoms with E-state index in [0.29, 0.717) is 30.8 Å². The van der Waals surface area contributed by atoms with E-state index in [1.54, 1.807) is 0 Å². The summed E-state index contributed by atoms with van der Waals surface area (Å²) < 4.78 is 5.23. The number of amides is 2. The van der Waals surface area contributed by atoms with Crippen LogP contribution in [0.3, 0.4) is 0 Å². The maximum absolute atomic E-state index is 12.6. The summed E-state index contributed by atoms with van der Waals surface area (Å²) in [5.74, 6) is -3.75. The molecule has 1 aliphatic rings. The van der Waals surface area contributed by atoms with Gasteiger partial charge in [-0.1, -0.05) is 35.9 Å². The lowest BCUT2D eigenvalue weighted by Crippen LogP contribution is -2.41. The molecular weight excluding hydrogens is 460 g/mol. The van der Waals surface area contributed by atoms with Gasteiger partial charge in [-0.3, -0.25) is 24.0 Å². The molecule has 0 saturated heterocycles. The van der Waals surface area contributed by atoms with Gasteiger partial charge in [0.25, 0.3) is 0 Å². The Bertz CT molecular complexity index is 1080. The molecule has 0 saturated carbocycles. The van der Waals surface area contributed by atoms with Gasteiger partial charge in [0.1, 0.15) is 0 Å². The first kappa shape index (κ1) is 25.4. The maximum Gasteiger partial charge on any atom is 0.326 e. The fourth-order valence-electron chi connectivity index (χ4n) is 3.46. The lowest BCUT2D eigenvalue weighted by Gasteiger charge is -2.26. The molecule has 0 aromatic heterocycles. The molecule has 1 unspecified atom stereocenters. The monoisotopic (exact) mass is 486 g/mol. The first-order chi connectivity index (χ1) is 16.1. The second-order valence-corrected chi connectivity index (χ2v) is 9.35. The summed E-state index contributed by atoms with van der Waals surface area (Å²) in [6.45, 7) is 6.06. The molecule has 1 atom stereocenters. The standard InChI is InChI=1S/C25H27ClN2O6/c1-25(2,3)34-28(15-29)12-10-16-4-6-17(7-5-16)11-13-33-24(32)21-22(30)19-9-8-18(26)14-20(19)27-23(21)31/h4-9,14-15,21H,10-13H2,1-3H3,(H,27,31). The van der Waals surface area contributed by atoms with Gasteiger partial charge in [-0.25, -0.2) is 5.06 Å². The summed E-state index contributed by atoms with van der Waals surface area (Å²) in [5.41, 5.74) is 2.00. The normalized spacial score (nSPS) is 15.4. The molecule has 2 aromatic carbocycles. The average Bonchev–Trinajstić information content (AvgIpc) is 2.76. The van der Waals surface area contributed by atoms with E-state index in [1.807, 2.05) is 45.0 Å². The van der Waals surface area contributed by atoms with Crippen LogP contribution >= 0.6 is 11.6 Å². The molecule has 34 heavy (non-hydrogen) atoms. The predicted molar refractivity (Wildman–Crippen MR) is 126 cm³/mol.